The Labute approximate surface area is 235 Å². The van der Waals surface area contributed by atoms with E-state index in [1.165, 1.54) is 4.90 Å². The molecule has 3 N–H and O–H groups in total. The quantitative estimate of drug-likeness (QED) is 0.308. The van der Waals surface area contributed by atoms with E-state index in [9.17, 15) is 19.8 Å². The van der Waals surface area contributed by atoms with Gasteiger partial charge in [0.05, 0.1) is 23.6 Å². The fraction of sp³-hybridized carbons (Fsp3) is 0.355. The van der Waals surface area contributed by atoms with Crippen LogP contribution < -0.4 is 10.2 Å². The van der Waals surface area contributed by atoms with Gasteiger partial charge in [0, 0.05) is 33.2 Å². The number of aromatic hydroxyl groups is 1. The van der Waals surface area contributed by atoms with Crippen molar-refractivity contribution < 1.29 is 24.5 Å². The molecule has 7 nitrogen and oxygen atoms in total. The van der Waals surface area contributed by atoms with Crippen LogP contribution in [0.4, 0.5) is 17.1 Å². The Morgan fingerprint density at radius 1 is 0.974 bits per heavy atom. The van der Waals surface area contributed by atoms with Gasteiger partial charge in [0.2, 0.25) is 11.8 Å². The largest absolute Gasteiger partial charge is 0.508 e. The number of amides is 2. The zero-order valence-corrected chi connectivity index (χ0v) is 23.3. The highest BCUT2D eigenvalue weighted by Crippen LogP contribution is 2.60. The van der Waals surface area contributed by atoms with Gasteiger partial charge in [0.1, 0.15) is 5.75 Å². The number of benzene rings is 3. The minimum atomic E-state index is -1.58. The van der Waals surface area contributed by atoms with Gasteiger partial charge in [-0.05, 0) is 73.4 Å². The second-order valence-electron chi connectivity index (χ2n) is 11.2. The van der Waals surface area contributed by atoms with Crippen LogP contribution in [0.5, 0.6) is 5.75 Å². The van der Waals surface area contributed by atoms with Crippen LogP contribution in [0.1, 0.15) is 38.4 Å². The van der Waals surface area contributed by atoms with Crippen molar-refractivity contribution in [2.24, 2.45) is 29.6 Å². The molecule has 0 radical (unpaired) electrons. The average Bonchev–Trinajstić information content (AvgIpc) is 3.39. The first-order valence-electron chi connectivity index (χ1n) is 13.4. The van der Waals surface area contributed by atoms with Crippen molar-refractivity contribution in [3.63, 3.8) is 0 Å². The van der Waals surface area contributed by atoms with Crippen LogP contribution in [0.2, 0.25) is 0 Å². The maximum absolute atomic E-state index is 13.9. The number of hydrogen-bond donors (Lipinski definition) is 3. The molecule has 0 unspecified atom stereocenters. The minimum Gasteiger partial charge on any atom is -0.508 e. The molecule has 2 aliphatic heterocycles. The third-order valence-electron chi connectivity index (χ3n) is 8.61. The van der Waals surface area contributed by atoms with E-state index in [1.807, 2.05) is 56.3 Å². The zero-order chi connectivity index (χ0) is 27.5. The van der Waals surface area contributed by atoms with E-state index < -0.39 is 29.6 Å². The molecule has 3 aromatic carbocycles. The molecule has 202 valence electrons. The smallest absolute Gasteiger partial charge is 0.238 e. The number of ether oxygens (including phenoxy) is 1. The molecular weight excluding hydrogens is 560 g/mol. The van der Waals surface area contributed by atoms with E-state index in [2.05, 4.69) is 21.2 Å². The molecule has 1 aliphatic carbocycles. The van der Waals surface area contributed by atoms with Gasteiger partial charge >= 0.3 is 0 Å². The minimum absolute atomic E-state index is 0.0219. The molecule has 0 aromatic heterocycles. The van der Waals surface area contributed by atoms with Crippen LogP contribution in [0.3, 0.4) is 0 Å². The Kier molecular flexibility index (Phi) is 6.52. The van der Waals surface area contributed by atoms with Gasteiger partial charge in [-0.25, -0.2) is 0 Å². The Morgan fingerprint density at radius 3 is 2.36 bits per heavy atom. The first-order valence-corrected chi connectivity index (χ1v) is 14.1. The third kappa shape index (κ3) is 4.35. The molecule has 3 fully saturated rings. The summed E-state index contributed by atoms with van der Waals surface area (Å²) in [7, 11) is 0. The van der Waals surface area contributed by atoms with E-state index in [0.717, 1.165) is 15.8 Å². The summed E-state index contributed by atoms with van der Waals surface area (Å²) in [6.45, 7) is 4.01. The van der Waals surface area contributed by atoms with Gasteiger partial charge in [-0.1, -0.05) is 48.0 Å². The molecule has 0 spiro atoms. The molecule has 39 heavy (non-hydrogen) atoms. The van der Waals surface area contributed by atoms with Gasteiger partial charge in [-0.15, -0.1) is 0 Å². The van der Waals surface area contributed by atoms with Crippen LogP contribution >= 0.6 is 15.9 Å². The molecule has 6 atom stereocenters. The summed E-state index contributed by atoms with van der Waals surface area (Å²) in [4.78, 5) is 29.0. The maximum atomic E-state index is 13.9. The lowest BCUT2D eigenvalue weighted by Gasteiger charge is -2.46. The fourth-order valence-electron chi connectivity index (χ4n) is 6.78. The molecule has 3 aliphatic rings. The molecule has 3 aromatic rings. The van der Waals surface area contributed by atoms with Crippen LogP contribution in [0.15, 0.2) is 77.3 Å². The van der Waals surface area contributed by atoms with Crippen molar-refractivity contribution in [3.05, 3.63) is 82.8 Å². The van der Waals surface area contributed by atoms with Crippen molar-refractivity contribution in [1.29, 1.82) is 0 Å². The lowest BCUT2D eigenvalue weighted by Crippen LogP contribution is -2.55. The van der Waals surface area contributed by atoms with E-state index in [1.54, 1.807) is 30.3 Å². The number of carbonyl (C=O) groups excluding carboxylic acids is 2. The molecule has 0 bridgehead atoms. The second-order valence-corrected chi connectivity index (χ2v) is 12.1. The standard InChI is InChI=1S/C31H31BrN2O5/c1-17(2)24-15-23-28(25-16-27(39-31(24,25)38)22-14-18(32)8-13-26(22)35)30(37)34(29(23)36)21-11-9-20(10-12-21)33-19-6-4-3-5-7-19/h3-14,17,23-25,27-28,33,35,38H,15-16H2,1-2H3/t23-,24+,25-,27-,28-,31+/m0/s1. The Morgan fingerprint density at radius 2 is 1.67 bits per heavy atom. The van der Waals surface area contributed by atoms with Gasteiger partial charge < -0.3 is 20.3 Å². The molecule has 8 heteroatoms. The lowest BCUT2D eigenvalue weighted by atomic mass is 9.62. The monoisotopic (exact) mass is 590 g/mol. The summed E-state index contributed by atoms with van der Waals surface area (Å²) in [6, 6.07) is 22.1. The maximum Gasteiger partial charge on any atom is 0.238 e. The van der Waals surface area contributed by atoms with Crippen LogP contribution in [0.25, 0.3) is 0 Å². The summed E-state index contributed by atoms with van der Waals surface area (Å²) >= 11 is 3.45. The summed E-state index contributed by atoms with van der Waals surface area (Å²) in [5, 5.41) is 25.9. The Balaban J connectivity index is 1.31. The molecule has 2 heterocycles. The number of aliphatic hydroxyl groups is 1. The van der Waals surface area contributed by atoms with Crippen molar-refractivity contribution in [1.82, 2.24) is 0 Å². The van der Waals surface area contributed by atoms with Crippen LogP contribution in [0, 0.1) is 29.6 Å². The normalized spacial score (nSPS) is 30.0. The van der Waals surface area contributed by atoms with E-state index in [0.29, 0.717) is 24.1 Å². The summed E-state index contributed by atoms with van der Waals surface area (Å²) in [5.74, 6) is -4.16. The van der Waals surface area contributed by atoms with E-state index in [-0.39, 0.29) is 29.4 Å². The number of fused-ring (bicyclic) bond motifs is 3. The number of hydrogen-bond acceptors (Lipinski definition) is 6. The van der Waals surface area contributed by atoms with Gasteiger partial charge in [0.15, 0.2) is 5.79 Å². The Bertz CT molecular complexity index is 1410. The summed E-state index contributed by atoms with van der Waals surface area (Å²) in [6.07, 6.45) is 0.0941. The zero-order valence-electron chi connectivity index (χ0n) is 21.8. The highest BCUT2D eigenvalue weighted by molar-refractivity contribution is 9.10. The third-order valence-corrected chi connectivity index (χ3v) is 9.10. The SMILES string of the molecule is CC(C)[C@H]1C[C@@H]2C(=O)N(c3ccc(Nc4ccccc4)cc3)C(=O)[C@@H]2[C@@H]2C[C@@H](c3cc(Br)ccc3O)O[C@]12O. The molecule has 6 rings (SSSR count). The number of phenolic OH excluding ortho intramolecular Hbond substituents is 1. The second kappa shape index (κ2) is 9.77. The first-order chi connectivity index (χ1) is 18.7. The lowest BCUT2D eigenvalue weighted by molar-refractivity contribution is -0.276. The molecule has 2 saturated heterocycles. The van der Waals surface area contributed by atoms with E-state index in [4.69, 9.17) is 4.74 Å². The topological polar surface area (TPSA) is 99.1 Å². The van der Waals surface area contributed by atoms with Gasteiger partial charge in [-0.2, -0.15) is 0 Å². The number of nitrogens with one attached hydrogen (secondary N) is 1. The highest BCUT2D eigenvalue weighted by atomic mass is 79.9. The number of rotatable bonds is 5. The van der Waals surface area contributed by atoms with E-state index >= 15 is 0 Å². The number of carbonyl (C=O) groups is 2. The predicted molar refractivity (Wildman–Crippen MR) is 151 cm³/mol. The highest BCUT2D eigenvalue weighted by Gasteiger charge is 2.67. The summed E-state index contributed by atoms with van der Waals surface area (Å²) in [5.41, 5.74) is 2.86. The van der Waals surface area contributed by atoms with Crippen molar-refractivity contribution >= 4 is 44.8 Å². The predicted octanol–water partition coefficient (Wildman–Crippen LogP) is 6.15. The summed E-state index contributed by atoms with van der Waals surface area (Å²) < 4.78 is 7.12. The number of phenols is 1. The number of nitrogens with zero attached hydrogens (tertiary/aromatic N) is 1. The molecule has 2 amide bonds. The van der Waals surface area contributed by atoms with Crippen molar-refractivity contribution in [2.75, 3.05) is 10.2 Å². The fourth-order valence-corrected chi connectivity index (χ4v) is 7.16. The number of halogens is 1. The van der Waals surface area contributed by atoms with Gasteiger partial charge in [0.25, 0.3) is 0 Å². The number of para-hydroxylation sites is 1. The number of anilines is 3. The van der Waals surface area contributed by atoms with Crippen LogP contribution in [-0.2, 0) is 14.3 Å². The first kappa shape index (κ1) is 26.0. The van der Waals surface area contributed by atoms with Crippen LogP contribution in [-0.4, -0.2) is 27.8 Å². The Hall–Kier alpha value is -3.20. The van der Waals surface area contributed by atoms with Crippen molar-refractivity contribution in [3.8, 4) is 5.75 Å². The number of imide groups is 1. The molecule has 1 saturated carbocycles. The molecular formula is C31H31BrN2O5. The average molecular weight is 592 g/mol. The van der Waals surface area contributed by atoms with Gasteiger partial charge in [-0.3, -0.25) is 14.5 Å². The van der Waals surface area contributed by atoms with Crippen molar-refractivity contribution in [2.45, 2.75) is 38.6 Å².